The second-order valence-corrected chi connectivity index (χ2v) is 3.43. The summed E-state index contributed by atoms with van der Waals surface area (Å²) in [5.41, 5.74) is 1.36. The fourth-order valence-corrected chi connectivity index (χ4v) is 1.49. The number of carboxylic acid groups (broad SMARTS) is 1. The molecule has 2 rings (SSSR count). The zero-order chi connectivity index (χ0) is 12.4. The molecule has 0 aliphatic carbocycles. The van der Waals surface area contributed by atoms with Crippen molar-refractivity contribution >= 4 is 12.3 Å². The first-order chi connectivity index (χ1) is 8.13. The highest BCUT2D eigenvalue weighted by atomic mass is 16.4. The molecule has 6 nitrogen and oxygen atoms in total. The second kappa shape index (κ2) is 4.17. The number of carbonyl (C=O) groups is 2. The Balaban J connectivity index is 2.57. The molecule has 0 atom stereocenters. The average Bonchev–Trinajstić information content (AvgIpc) is 2.71. The molecular weight excluding hydrogens is 222 g/mol. The lowest BCUT2D eigenvalue weighted by molar-refractivity contribution is 0.0696. The quantitative estimate of drug-likeness (QED) is 0.799. The van der Waals surface area contributed by atoms with Gasteiger partial charge in [-0.05, 0) is 13.0 Å². The van der Waals surface area contributed by atoms with Crippen LogP contribution in [0.2, 0.25) is 0 Å². The molecule has 0 bridgehead atoms. The molecular formula is C11H9N3O3. The Bertz CT molecular complexity index is 589. The summed E-state index contributed by atoms with van der Waals surface area (Å²) in [5.74, 6) is -1.05. The van der Waals surface area contributed by atoms with E-state index < -0.39 is 5.97 Å². The summed E-state index contributed by atoms with van der Waals surface area (Å²) >= 11 is 0. The molecule has 0 aliphatic rings. The number of aryl methyl sites for hydroxylation is 1. The van der Waals surface area contributed by atoms with Crippen molar-refractivity contribution in [3.63, 3.8) is 0 Å². The standard InChI is InChI=1S/C11H9N3O3/c1-7-9(11(16)17)5-14(13-7)10-2-3-12-4-8(10)6-15/h2-6H,1H3,(H,16,17). The van der Waals surface area contributed by atoms with E-state index in [1.54, 1.807) is 13.0 Å². The van der Waals surface area contributed by atoms with Gasteiger partial charge in [0.1, 0.15) is 5.56 Å². The van der Waals surface area contributed by atoms with E-state index in [-0.39, 0.29) is 5.56 Å². The van der Waals surface area contributed by atoms with Crippen molar-refractivity contribution in [1.82, 2.24) is 14.8 Å². The van der Waals surface area contributed by atoms with Crippen LogP contribution in [0.25, 0.3) is 5.69 Å². The van der Waals surface area contributed by atoms with Crippen molar-refractivity contribution in [2.75, 3.05) is 0 Å². The molecule has 0 radical (unpaired) electrons. The zero-order valence-electron chi connectivity index (χ0n) is 8.99. The van der Waals surface area contributed by atoms with E-state index in [9.17, 15) is 9.59 Å². The van der Waals surface area contributed by atoms with Crippen LogP contribution in [0, 0.1) is 6.92 Å². The molecule has 0 aliphatic heterocycles. The molecule has 1 N–H and O–H groups in total. The molecule has 2 aromatic rings. The molecule has 0 unspecified atom stereocenters. The van der Waals surface area contributed by atoms with Crippen LogP contribution in [-0.2, 0) is 0 Å². The first kappa shape index (κ1) is 11.0. The normalized spacial score (nSPS) is 10.2. The Morgan fingerprint density at radius 2 is 2.29 bits per heavy atom. The average molecular weight is 231 g/mol. The third-order valence-corrected chi connectivity index (χ3v) is 2.33. The van der Waals surface area contributed by atoms with E-state index in [2.05, 4.69) is 10.1 Å². The Labute approximate surface area is 96.5 Å². The number of hydrogen-bond acceptors (Lipinski definition) is 4. The summed E-state index contributed by atoms with van der Waals surface area (Å²) in [4.78, 5) is 25.5. The third-order valence-electron chi connectivity index (χ3n) is 2.33. The molecule has 0 amide bonds. The van der Waals surface area contributed by atoms with E-state index in [0.29, 0.717) is 23.2 Å². The van der Waals surface area contributed by atoms with Crippen molar-refractivity contribution in [3.8, 4) is 5.69 Å². The molecule has 2 aromatic heterocycles. The van der Waals surface area contributed by atoms with Gasteiger partial charge in [-0.1, -0.05) is 0 Å². The highest BCUT2D eigenvalue weighted by Crippen LogP contribution is 2.14. The molecule has 0 spiro atoms. The van der Waals surface area contributed by atoms with Crippen molar-refractivity contribution in [2.45, 2.75) is 6.92 Å². The van der Waals surface area contributed by atoms with Crippen LogP contribution in [0.1, 0.15) is 26.4 Å². The van der Waals surface area contributed by atoms with Crippen molar-refractivity contribution in [3.05, 3.63) is 41.5 Å². The number of nitrogens with zero attached hydrogens (tertiary/aromatic N) is 3. The lowest BCUT2D eigenvalue weighted by Crippen LogP contribution is -2.00. The van der Waals surface area contributed by atoms with Crippen molar-refractivity contribution in [1.29, 1.82) is 0 Å². The maximum atomic E-state index is 10.9. The van der Waals surface area contributed by atoms with Crippen molar-refractivity contribution in [2.24, 2.45) is 0 Å². The number of pyridine rings is 1. The summed E-state index contributed by atoms with van der Waals surface area (Å²) < 4.78 is 1.37. The van der Waals surface area contributed by atoms with Crippen LogP contribution in [0.3, 0.4) is 0 Å². The summed E-state index contributed by atoms with van der Waals surface area (Å²) in [6, 6.07) is 1.60. The molecule has 0 aromatic carbocycles. The van der Waals surface area contributed by atoms with Crippen LogP contribution >= 0.6 is 0 Å². The van der Waals surface area contributed by atoms with E-state index in [1.165, 1.54) is 23.3 Å². The monoisotopic (exact) mass is 231 g/mol. The minimum Gasteiger partial charge on any atom is -0.478 e. The number of rotatable bonds is 3. The maximum absolute atomic E-state index is 10.9. The number of aromatic nitrogens is 3. The van der Waals surface area contributed by atoms with Gasteiger partial charge >= 0.3 is 5.97 Å². The summed E-state index contributed by atoms with van der Waals surface area (Å²) in [6.45, 7) is 1.60. The highest BCUT2D eigenvalue weighted by Gasteiger charge is 2.14. The van der Waals surface area contributed by atoms with Gasteiger partial charge in [0.25, 0.3) is 0 Å². The molecule has 2 heterocycles. The van der Waals surface area contributed by atoms with Gasteiger partial charge in [0.15, 0.2) is 6.29 Å². The summed E-state index contributed by atoms with van der Waals surface area (Å²) in [7, 11) is 0. The summed E-state index contributed by atoms with van der Waals surface area (Å²) in [6.07, 6.45) is 4.94. The topological polar surface area (TPSA) is 85.1 Å². The Kier molecular flexibility index (Phi) is 2.70. The lowest BCUT2D eigenvalue weighted by atomic mass is 10.2. The first-order valence-corrected chi connectivity index (χ1v) is 4.82. The van der Waals surface area contributed by atoms with Gasteiger partial charge in [-0.15, -0.1) is 0 Å². The van der Waals surface area contributed by atoms with Crippen LogP contribution in [0.5, 0.6) is 0 Å². The molecule has 17 heavy (non-hydrogen) atoms. The molecule has 86 valence electrons. The third kappa shape index (κ3) is 1.92. The largest absolute Gasteiger partial charge is 0.478 e. The summed E-state index contributed by atoms with van der Waals surface area (Å²) in [5, 5.41) is 13.0. The van der Waals surface area contributed by atoms with Gasteiger partial charge in [-0.25, -0.2) is 9.48 Å². The Hall–Kier alpha value is -2.50. The minimum atomic E-state index is -1.05. The zero-order valence-corrected chi connectivity index (χ0v) is 8.99. The molecule has 0 saturated carbocycles. The number of hydrogen-bond donors (Lipinski definition) is 1. The minimum absolute atomic E-state index is 0.110. The van der Waals surface area contributed by atoms with Gasteiger partial charge in [-0.2, -0.15) is 5.10 Å². The predicted molar refractivity (Wildman–Crippen MR) is 58.4 cm³/mol. The Morgan fingerprint density at radius 1 is 1.53 bits per heavy atom. The maximum Gasteiger partial charge on any atom is 0.339 e. The van der Waals surface area contributed by atoms with Crippen LogP contribution < -0.4 is 0 Å². The lowest BCUT2D eigenvalue weighted by Gasteiger charge is -2.02. The van der Waals surface area contributed by atoms with Crippen LogP contribution in [0.4, 0.5) is 0 Å². The van der Waals surface area contributed by atoms with E-state index in [4.69, 9.17) is 5.11 Å². The van der Waals surface area contributed by atoms with Gasteiger partial charge in [0, 0.05) is 18.6 Å². The van der Waals surface area contributed by atoms with Gasteiger partial charge in [0.2, 0.25) is 0 Å². The fourth-order valence-electron chi connectivity index (χ4n) is 1.49. The Morgan fingerprint density at radius 3 is 2.88 bits per heavy atom. The van der Waals surface area contributed by atoms with Crippen LogP contribution in [-0.4, -0.2) is 32.1 Å². The SMILES string of the molecule is Cc1nn(-c2ccncc2C=O)cc1C(=O)O. The highest BCUT2D eigenvalue weighted by molar-refractivity contribution is 5.89. The number of carboxylic acids is 1. The number of carbonyl (C=O) groups excluding carboxylic acids is 1. The van der Waals surface area contributed by atoms with Crippen LogP contribution in [0.15, 0.2) is 24.7 Å². The second-order valence-electron chi connectivity index (χ2n) is 3.43. The molecule has 6 heteroatoms. The smallest absolute Gasteiger partial charge is 0.339 e. The first-order valence-electron chi connectivity index (χ1n) is 4.82. The van der Waals surface area contributed by atoms with Gasteiger partial charge in [-0.3, -0.25) is 9.78 Å². The van der Waals surface area contributed by atoms with Gasteiger partial charge < -0.3 is 5.11 Å². The fraction of sp³-hybridized carbons (Fsp3) is 0.0909. The van der Waals surface area contributed by atoms with E-state index in [1.807, 2.05) is 0 Å². The van der Waals surface area contributed by atoms with E-state index >= 15 is 0 Å². The number of aldehydes is 1. The number of aromatic carboxylic acids is 1. The van der Waals surface area contributed by atoms with Crippen molar-refractivity contribution < 1.29 is 14.7 Å². The molecule has 0 saturated heterocycles. The predicted octanol–water partition coefficient (Wildman–Crippen LogP) is 1.09. The van der Waals surface area contributed by atoms with Gasteiger partial charge in [0.05, 0.1) is 16.9 Å². The molecule has 0 fully saturated rings. The van der Waals surface area contributed by atoms with E-state index in [0.717, 1.165) is 0 Å².